The van der Waals surface area contributed by atoms with E-state index in [9.17, 15) is 9.59 Å². The molecule has 0 saturated heterocycles. The molecule has 0 spiro atoms. The van der Waals surface area contributed by atoms with Gasteiger partial charge in [0.2, 0.25) is 6.79 Å². The maximum absolute atomic E-state index is 12.7. The third-order valence-electron chi connectivity index (χ3n) is 4.43. The number of carbonyl (C=O) groups excluding carboxylic acids is 2. The highest BCUT2D eigenvalue weighted by molar-refractivity contribution is 6.34. The number of fused-ring (bicyclic) bond motifs is 1. The summed E-state index contributed by atoms with van der Waals surface area (Å²) in [5, 5.41) is 5.96. The Hall–Kier alpha value is -3.51. The van der Waals surface area contributed by atoms with Gasteiger partial charge in [0, 0.05) is 6.54 Å². The predicted molar refractivity (Wildman–Crippen MR) is 110 cm³/mol. The average Bonchev–Trinajstić information content (AvgIpc) is 3.20. The first kappa shape index (κ1) is 18.8. The molecule has 1 aliphatic rings. The van der Waals surface area contributed by atoms with Crippen LogP contribution in [0.3, 0.4) is 0 Å². The molecule has 0 aliphatic carbocycles. The van der Waals surface area contributed by atoms with Crippen LogP contribution in [0.4, 0.5) is 5.69 Å². The number of nitrogens with one attached hydrogen (secondary N) is 2. The van der Waals surface area contributed by atoms with E-state index < -0.39 is 0 Å². The quantitative estimate of drug-likeness (QED) is 0.661. The number of amides is 2. The van der Waals surface area contributed by atoms with Crippen molar-refractivity contribution in [1.29, 1.82) is 0 Å². The molecule has 0 atom stereocenters. The molecule has 0 saturated carbocycles. The Labute approximate surface area is 172 Å². The van der Waals surface area contributed by atoms with Gasteiger partial charge in [-0.15, -0.1) is 0 Å². The van der Waals surface area contributed by atoms with Crippen LogP contribution in [0.2, 0.25) is 5.02 Å². The van der Waals surface area contributed by atoms with Crippen LogP contribution < -0.4 is 20.1 Å². The summed E-state index contributed by atoms with van der Waals surface area (Å²) in [4.78, 5) is 25.3. The lowest BCUT2D eigenvalue weighted by atomic mass is 10.1. The molecule has 0 fully saturated rings. The summed E-state index contributed by atoms with van der Waals surface area (Å²) in [5.74, 6) is 0.654. The molecule has 0 unspecified atom stereocenters. The molecule has 4 rings (SSSR count). The van der Waals surface area contributed by atoms with Gasteiger partial charge in [-0.2, -0.15) is 0 Å². The molecule has 6 nitrogen and oxygen atoms in total. The van der Waals surface area contributed by atoms with Crippen molar-refractivity contribution >= 4 is 29.1 Å². The third-order valence-corrected chi connectivity index (χ3v) is 4.76. The minimum absolute atomic E-state index is 0.198. The van der Waals surface area contributed by atoms with Gasteiger partial charge in [0.15, 0.2) is 11.5 Å². The normalized spacial score (nSPS) is 11.8. The van der Waals surface area contributed by atoms with Crippen LogP contribution in [0.1, 0.15) is 26.3 Å². The molecular formula is C22H17ClN2O4. The Morgan fingerprint density at radius 1 is 0.862 bits per heavy atom. The predicted octanol–water partition coefficient (Wildman–Crippen LogP) is 4.25. The van der Waals surface area contributed by atoms with E-state index in [2.05, 4.69) is 10.6 Å². The number of hydrogen-bond acceptors (Lipinski definition) is 4. The van der Waals surface area contributed by atoms with Gasteiger partial charge in [-0.1, -0.05) is 41.9 Å². The van der Waals surface area contributed by atoms with Gasteiger partial charge < -0.3 is 20.1 Å². The molecule has 1 heterocycles. The minimum Gasteiger partial charge on any atom is -0.454 e. The largest absolute Gasteiger partial charge is 0.454 e. The fourth-order valence-corrected chi connectivity index (χ4v) is 3.18. The molecule has 1 aliphatic heterocycles. The second kappa shape index (κ2) is 8.24. The van der Waals surface area contributed by atoms with Gasteiger partial charge in [-0.25, -0.2) is 0 Å². The van der Waals surface area contributed by atoms with Crippen molar-refractivity contribution in [2.24, 2.45) is 0 Å². The summed E-state index contributed by atoms with van der Waals surface area (Å²) in [6, 6.07) is 19.0. The lowest BCUT2D eigenvalue weighted by molar-refractivity contribution is 0.0951. The molecular weight excluding hydrogens is 392 g/mol. The van der Waals surface area contributed by atoms with Gasteiger partial charge in [0.25, 0.3) is 11.8 Å². The van der Waals surface area contributed by atoms with E-state index in [0.717, 1.165) is 5.56 Å². The van der Waals surface area contributed by atoms with E-state index in [1.54, 1.807) is 48.5 Å². The summed E-state index contributed by atoms with van der Waals surface area (Å²) in [7, 11) is 0. The second-order valence-electron chi connectivity index (χ2n) is 6.35. The van der Waals surface area contributed by atoms with Crippen molar-refractivity contribution in [1.82, 2.24) is 5.32 Å². The summed E-state index contributed by atoms with van der Waals surface area (Å²) < 4.78 is 10.6. The van der Waals surface area contributed by atoms with Crippen LogP contribution in [0.5, 0.6) is 11.5 Å². The number of anilines is 1. The summed E-state index contributed by atoms with van der Waals surface area (Å²) in [5.41, 5.74) is 1.97. The van der Waals surface area contributed by atoms with Crippen LogP contribution in [0, 0.1) is 0 Å². The first-order valence-corrected chi connectivity index (χ1v) is 9.31. The van der Waals surface area contributed by atoms with Crippen molar-refractivity contribution in [3.8, 4) is 11.5 Å². The van der Waals surface area contributed by atoms with E-state index in [0.29, 0.717) is 39.9 Å². The third kappa shape index (κ3) is 4.17. The van der Waals surface area contributed by atoms with Crippen LogP contribution in [0.15, 0.2) is 66.7 Å². The highest BCUT2D eigenvalue weighted by Gasteiger charge is 2.17. The monoisotopic (exact) mass is 408 g/mol. The SMILES string of the molecule is O=C(Nc1ccccc1C(=O)NCc1ccc2c(c1)OCO2)c1ccccc1Cl. The second-order valence-corrected chi connectivity index (χ2v) is 6.76. The Morgan fingerprint density at radius 3 is 2.41 bits per heavy atom. The van der Waals surface area contributed by atoms with Crippen LogP contribution >= 0.6 is 11.6 Å². The molecule has 0 radical (unpaired) electrons. The molecule has 3 aromatic rings. The van der Waals surface area contributed by atoms with Crippen molar-refractivity contribution in [2.45, 2.75) is 6.54 Å². The number of benzene rings is 3. The maximum atomic E-state index is 12.7. The number of para-hydroxylation sites is 1. The smallest absolute Gasteiger partial charge is 0.257 e. The fraction of sp³-hybridized carbons (Fsp3) is 0.0909. The van der Waals surface area contributed by atoms with E-state index in [1.165, 1.54) is 0 Å². The number of halogens is 1. The zero-order valence-corrected chi connectivity index (χ0v) is 16.0. The Balaban J connectivity index is 1.46. The van der Waals surface area contributed by atoms with E-state index >= 15 is 0 Å². The molecule has 7 heteroatoms. The summed E-state index contributed by atoms with van der Waals surface area (Å²) in [6.45, 7) is 0.506. The van der Waals surface area contributed by atoms with Crippen molar-refractivity contribution in [2.75, 3.05) is 12.1 Å². The molecule has 2 N–H and O–H groups in total. The summed E-state index contributed by atoms with van der Waals surface area (Å²) >= 11 is 6.09. The zero-order chi connectivity index (χ0) is 20.2. The first-order chi connectivity index (χ1) is 14.1. The fourth-order valence-electron chi connectivity index (χ4n) is 2.95. The molecule has 0 bridgehead atoms. The van der Waals surface area contributed by atoms with Gasteiger partial charge in [0.05, 0.1) is 21.8 Å². The molecule has 2 amide bonds. The highest BCUT2D eigenvalue weighted by Crippen LogP contribution is 2.32. The van der Waals surface area contributed by atoms with Crippen LogP contribution in [0.25, 0.3) is 0 Å². The van der Waals surface area contributed by atoms with E-state index in [1.807, 2.05) is 18.2 Å². The van der Waals surface area contributed by atoms with Crippen molar-refractivity contribution in [3.05, 3.63) is 88.4 Å². The highest BCUT2D eigenvalue weighted by atomic mass is 35.5. The standard InChI is InChI=1S/C22H17ClN2O4/c23-17-7-3-1-5-15(17)22(27)25-18-8-4-2-6-16(18)21(26)24-12-14-9-10-19-20(11-14)29-13-28-19/h1-11H,12-13H2,(H,24,26)(H,25,27). The molecule has 29 heavy (non-hydrogen) atoms. The van der Waals surface area contributed by atoms with Crippen molar-refractivity contribution in [3.63, 3.8) is 0 Å². The number of rotatable bonds is 5. The number of hydrogen-bond donors (Lipinski definition) is 2. The topological polar surface area (TPSA) is 76.7 Å². The minimum atomic E-state index is -0.383. The van der Waals surface area contributed by atoms with Gasteiger partial charge in [-0.05, 0) is 42.0 Å². The van der Waals surface area contributed by atoms with Crippen LogP contribution in [-0.2, 0) is 6.54 Å². The van der Waals surface area contributed by atoms with Gasteiger partial charge in [-0.3, -0.25) is 9.59 Å². The molecule has 146 valence electrons. The Morgan fingerprint density at radius 2 is 1.59 bits per heavy atom. The number of ether oxygens (including phenoxy) is 2. The average molecular weight is 409 g/mol. The summed E-state index contributed by atoms with van der Waals surface area (Å²) in [6.07, 6.45) is 0. The van der Waals surface area contributed by atoms with E-state index in [-0.39, 0.29) is 18.6 Å². The van der Waals surface area contributed by atoms with Gasteiger partial charge in [0.1, 0.15) is 0 Å². The maximum Gasteiger partial charge on any atom is 0.257 e. The van der Waals surface area contributed by atoms with E-state index in [4.69, 9.17) is 21.1 Å². The number of carbonyl (C=O) groups is 2. The van der Waals surface area contributed by atoms with Crippen molar-refractivity contribution < 1.29 is 19.1 Å². The Kier molecular flexibility index (Phi) is 5.35. The lowest BCUT2D eigenvalue weighted by Gasteiger charge is -2.12. The lowest BCUT2D eigenvalue weighted by Crippen LogP contribution is -2.25. The molecule has 0 aromatic heterocycles. The zero-order valence-electron chi connectivity index (χ0n) is 15.3. The van der Waals surface area contributed by atoms with Gasteiger partial charge >= 0.3 is 0 Å². The molecule has 3 aromatic carbocycles. The van der Waals surface area contributed by atoms with Crippen LogP contribution in [-0.4, -0.2) is 18.6 Å². The first-order valence-electron chi connectivity index (χ1n) is 8.93. The Bertz CT molecular complexity index is 1080.